The van der Waals surface area contributed by atoms with Crippen molar-refractivity contribution in [3.8, 4) is 11.5 Å². The molecule has 3 aromatic rings. The lowest BCUT2D eigenvalue weighted by atomic mass is 10.2. The van der Waals surface area contributed by atoms with E-state index in [4.69, 9.17) is 39.2 Å². The fourth-order valence-corrected chi connectivity index (χ4v) is 2.23. The Balaban J connectivity index is 1.93. The number of carbonyl (C=O) groups is 1. The summed E-state index contributed by atoms with van der Waals surface area (Å²) in [5.74, 6) is -0.275. The molecule has 0 spiro atoms. The largest absolute Gasteiger partial charge is 0.436 e. The van der Waals surface area contributed by atoms with Gasteiger partial charge in [-0.2, -0.15) is 0 Å². The molecule has 0 unspecified atom stereocenters. The molecule has 1 N–H and O–H groups in total. The van der Waals surface area contributed by atoms with Crippen LogP contribution in [-0.4, -0.2) is 14.7 Å². The molecule has 0 radical (unpaired) electrons. The van der Waals surface area contributed by atoms with E-state index in [1.54, 1.807) is 18.2 Å². The SMILES string of the molecule is Cc1ccc2oc(-c3cccc(NC(=O)C(Cl)(Cl)Cl)c3)nc2c1. The number of anilines is 1. The van der Waals surface area contributed by atoms with Crippen molar-refractivity contribution in [3.05, 3.63) is 48.0 Å². The van der Waals surface area contributed by atoms with Gasteiger partial charge in [0.15, 0.2) is 5.58 Å². The lowest BCUT2D eigenvalue weighted by molar-refractivity contribution is -0.115. The van der Waals surface area contributed by atoms with Crippen LogP contribution < -0.4 is 5.32 Å². The molecule has 1 aromatic heterocycles. The van der Waals surface area contributed by atoms with Gasteiger partial charge in [0.2, 0.25) is 5.89 Å². The summed E-state index contributed by atoms with van der Waals surface area (Å²) in [6, 6.07) is 12.7. The van der Waals surface area contributed by atoms with Crippen molar-refractivity contribution < 1.29 is 9.21 Å². The van der Waals surface area contributed by atoms with Gasteiger partial charge in [0.1, 0.15) is 5.52 Å². The van der Waals surface area contributed by atoms with Crippen LogP contribution in [0.2, 0.25) is 0 Å². The van der Waals surface area contributed by atoms with Crippen LogP contribution in [0.25, 0.3) is 22.6 Å². The van der Waals surface area contributed by atoms with Crippen molar-refractivity contribution in [3.63, 3.8) is 0 Å². The summed E-state index contributed by atoms with van der Waals surface area (Å²) in [4.78, 5) is 16.2. The van der Waals surface area contributed by atoms with E-state index in [1.165, 1.54) is 0 Å². The van der Waals surface area contributed by atoms with Crippen LogP contribution in [0.5, 0.6) is 0 Å². The minimum absolute atomic E-state index is 0.454. The van der Waals surface area contributed by atoms with Crippen molar-refractivity contribution in [1.29, 1.82) is 0 Å². The van der Waals surface area contributed by atoms with Crippen molar-refractivity contribution in [2.75, 3.05) is 5.32 Å². The molecule has 23 heavy (non-hydrogen) atoms. The number of oxazole rings is 1. The summed E-state index contributed by atoms with van der Waals surface area (Å²) in [6.07, 6.45) is 0. The molecule has 7 heteroatoms. The molecule has 2 aromatic carbocycles. The molecule has 1 amide bonds. The maximum atomic E-state index is 11.7. The predicted molar refractivity (Wildman–Crippen MR) is 93.1 cm³/mol. The first-order valence-corrected chi connectivity index (χ1v) is 7.82. The highest BCUT2D eigenvalue weighted by Gasteiger charge is 2.30. The van der Waals surface area contributed by atoms with Crippen LogP contribution in [-0.2, 0) is 4.79 Å². The molecule has 0 bridgehead atoms. The second kappa shape index (κ2) is 6.04. The smallest absolute Gasteiger partial charge is 0.276 e. The zero-order valence-electron chi connectivity index (χ0n) is 11.9. The number of nitrogens with one attached hydrogen (secondary N) is 1. The van der Waals surface area contributed by atoms with Gasteiger partial charge in [-0.05, 0) is 42.8 Å². The third-order valence-electron chi connectivity index (χ3n) is 3.17. The maximum Gasteiger partial charge on any atom is 0.276 e. The molecular formula is C16H11Cl3N2O2. The van der Waals surface area contributed by atoms with Gasteiger partial charge >= 0.3 is 0 Å². The van der Waals surface area contributed by atoms with Gasteiger partial charge in [-0.3, -0.25) is 4.79 Å². The number of fused-ring (bicyclic) bond motifs is 1. The zero-order chi connectivity index (χ0) is 16.6. The van der Waals surface area contributed by atoms with Crippen LogP contribution in [0, 0.1) is 6.92 Å². The second-order valence-electron chi connectivity index (χ2n) is 5.02. The fourth-order valence-electron chi connectivity index (χ4n) is 2.09. The Morgan fingerprint density at radius 3 is 2.70 bits per heavy atom. The van der Waals surface area contributed by atoms with E-state index >= 15 is 0 Å². The third-order valence-corrected chi connectivity index (χ3v) is 3.68. The minimum Gasteiger partial charge on any atom is -0.436 e. The van der Waals surface area contributed by atoms with E-state index in [0.717, 1.165) is 11.1 Å². The molecular weight excluding hydrogens is 359 g/mol. The van der Waals surface area contributed by atoms with Gasteiger partial charge < -0.3 is 9.73 Å². The Morgan fingerprint density at radius 2 is 1.96 bits per heavy atom. The van der Waals surface area contributed by atoms with E-state index in [2.05, 4.69) is 10.3 Å². The number of rotatable bonds is 2. The lowest BCUT2D eigenvalue weighted by Gasteiger charge is -2.11. The Morgan fingerprint density at radius 1 is 1.17 bits per heavy atom. The molecule has 0 atom stereocenters. The highest BCUT2D eigenvalue weighted by atomic mass is 35.6. The number of aromatic nitrogens is 1. The maximum absolute atomic E-state index is 11.7. The standard InChI is InChI=1S/C16H11Cl3N2O2/c1-9-5-6-13-12(7-9)21-14(23-13)10-3-2-4-11(8-10)20-15(22)16(17,18)19/h2-8H,1H3,(H,20,22). The number of amides is 1. The van der Waals surface area contributed by atoms with Gasteiger partial charge in [0.05, 0.1) is 0 Å². The number of carbonyl (C=O) groups excluding carboxylic acids is 1. The predicted octanol–water partition coefficient (Wildman–Crippen LogP) is 5.11. The molecule has 0 aliphatic rings. The quantitative estimate of drug-likeness (QED) is 0.638. The number of alkyl halides is 3. The van der Waals surface area contributed by atoms with E-state index in [-0.39, 0.29) is 0 Å². The first-order chi connectivity index (χ1) is 10.8. The number of hydrogen-bond donors (Lipinski definition) is 1. The van der Waals surface area contributed by atoms with Gasteiger partial charge in [0.25, 0.3) is 9.70 Å². The van der Waals surface area contributed by atoms with Crippen molar-refractivity contribution in [2.45, 2.75) is 10.7 Å². The number of benzene rings is 2. The van der Waals surface area contributed by atoms with Gasteiger partial charge in [-0.1, -0.05) is 46.9 Å². The highest BCUT2D eigenvalue weighted by Crippen LogP contribution is 2.30. The molecule has 118 valence electrons. The Labute approximate surface area is 147 Å². The Kier molecular flexibility index (Phi) is 4.23. The van der Waals surface area contributed by atoms with Crippen LogP contribution >= 0.6 is 34.8 Å². The van der Waals surface area contributed by atoms with Crippen LogP contribution in [0.4, 0.5) is 5.69 Å². The van der Waals surface area contributed by atoms with Crippen molar-refractivity contribution in [1.82, 2.24) is 4.98 Å². The van der Waals surface area contributed by atoms with Gasteiger partial charge in [0, 0.05) is 11.3 Å². The summed E-state index contributed by atoms with van der Waals surface area (Å²) in [5.41, 5.74) is 3.76. The van der Waals surface area contributed by atoms with Crippen LogP contribution in [0.3, 0.4) is 0 Å². The average molecular weight is 370 g/mol. The normalized spacial score (nSPS) is 11.7. The summed E-state index contributed by atoms with van der Waals surface area (Å²) >= 11 is 16.6. The van der Waals surface area contributed by atoms with E-state index in [9.17, 15) is 4.79 Å². The first kappa shape index (κ1) is 16.1. The number of hydrogen-bond acceptors (Lipinski definition) is 3. The fraction of sp³-hybridized carbons (Fsp3) is 0.125. The van der Waals surface area contributed by atoms with E-state index < -0.39 is 9.70 Å². The zero-order valence-corrected chi connectivity index (χ0v) is 14.2. The Bertz CT molecular complexity index is 884. The number of nitrogens with zero attached hydrogens (tertiary/aromatic N) is 1. The summed E-state index contributed by atoms with van der Waals surface area (Å²) in [7, 11) is 0. The summed E-state index contributed by atoms with van der Waals surface area (Å²) < 4.78 is 3.71. The van der Waals surface area contributed by atoms with E-state index in [1.807, 2.05) is 31.2 Å². The number of aryl methyl sites for hydroxylation is 1. The molecule has 0 saturated heterocycles. The molecule has 0 aliphatic carbocycles. The van der Waals surface area contributed by atoms with Gasteiger partial charge in [-0.15, -0.1) is 0 Å². The van der Waals surface area contributed by atoms with E-state index in [0.29, 0.717) is 22.7 Å². The summed E-state index contributed by atoms with van der Waals surface area (Å²) in [5, 5.41) is 2.53. The first-order valence-electron chi connectivity index (χ1n) is 6.69. The van der Waals surface area contributed by atoms with Crippen molar-refractivity contribution in [2.24, 2.45) is 0 Å². The van der Waals surface area contributed by atoms with Crippen molar-refractivity contribution >= 4 is 57.5 Å². The number of halogens is 3. The van der Waals surface area contributed by atoms with Crippen LogP contribution in [0.1, 0.15) is 5.56 Å². The molecule has 3 rings (SSSR count). The average Bonchev–Trinajstić information content (AvgIpc) is 2.89. The topological polar surface area (TPSA) is 55.1 Å². The molecule has 0 saturated carbocycles. The van der Waals surface area contributed by atoms with Crippen LogP contribution in [0.15, 0.2) is 46.9 Å². The van der Waals surface area contributed by atoms with Gasteiger partial charge in [-0.25, -0.2) is 4.98 Å². The molecule has 1 heterocycles. The monoisotopic (exact) mass is 368 g/mol. The minimum atomic E-state index is -2.02. The third kappa shape index (κ3) is 3.61. The Hall–Kier alpha value is -1.75. The molecule has 0 fully saturated rings. The summed E-state index contributed by atoms with van der Waals surface area (Å²) in [6.45, 7) is 1.99. The molecule has 4 nitrogen and oxygen atoms in total. The molecule has 0 aliphatic heterocycles. The highest BCUT2D eigenvalue weighted by molar-refractivity contribution is 6.76. The lowest BCUT2D eigenvalue weighted by Crippen LogP contribution is -2.26. The second-order valence-corrected chi connectivity index (χ2v) is 7.30.